The van der Waals surface area contributed by atoms with Crippen LogP contribution >= 0.6 is 0 Å². The normalized spacial score (nSPS) is 10.4. The summed E-state index contributed by atoms with van der Waals surface area (Å²) in [5, 5.41) is 8.49. The number of para-hydroxylation sites is 1. The largest absolute Gasteiger partial charge is 0.496 e. The number of carbonyl (C=O) groups is 1. The lowest BCUT2D eigenvalue weighted by Crippen LogP contribution is -2.11. The molecule has 0 amide bonds. The predicted octanol–water partition coefficient (Wildman–Crippen LogP) is 1.73. The molecule has 4 nitrogen and oxygen atoms in total. The molecule has 16 heavy (non-hydrogen) atoms. The van der Waals surface area contributed by atoms with Gasteiger partial charge in [0, 0.05) is 31.4 Å². The number of carboxylic acids is 1. The van der Waals surface area contributed by atoms with E-state index in [4.69, 9.17) is 9.84 Å². The van der Waals surface area contributed by atoms with Gasteiger partial charge in [0.25, 0.3) is 0 Å². The van der Waals surface area contributed by atoms with Crippen molar-refractivity contribution in [1.29, 1.82) is 0 Å². The lowest BCUT2D eigenvalue weighted by atomic mass is 10.2. The number of carboxylic acid groups (broad SMARTS) is 1. The van der Waals surface area contributed by atoms with Crippen molar-refractivity contribution >= 4 is 5.97 Å². The third-order valence-electron chi connectivity index (χ3n) is 2.08. The fourth-order valence-electron chi connectivity index (χ4n) is 1.35. The van der Waals surface area contributed by atoms with E-state index in [9.17, 15) is 4.79 Å². The Labute approximate surface area is 94.8 Å². The van der Waals surface area contributed by atoms with E-state index in [0.29, 0.717) is 6.54 Å². The molecule has 1 aromatic carbocycles. The van der Waals surface area contributed by atoms with Crippen LogP contribution in [0.4, 0.5) is 0 Å². The fraction of sp³-hybridized carbons (Fsp3) is 0.250. The van der Waals surface area contributed by atoms with E-state index in [2.05, 4.69) is 0 Å². The van der Waals surface area contributed by atoms with Crippen molar-refractivity contribution in [2.75, 3.05) is 14.2 Å². The number of nitrogens with zero attached hydrogens (tertiary/aromatic N) is 1. The lowest BCUT2D eigenvalue weighted by Gasteiger charge is -2.15. The van der Waals surface area contributed by atoms with E-state index in [0.717, 1.165) is 17.4 Å². The molecule has 0 aliphatic rings. The van der Waals surface area contributed by atoms with Crippen LogP contribution in [0.2, 0.25) is 0 Å². The van der Waals surface area contributed by atoms with E-state index in [-0.39, 0.29) is 0 Å². The average molecular weight is 221 g/mol. The van der Waals surface area contributed by atoms with Crippen molar-refractivity contribution < 1.29 is 14.6 Å². The van der Waals surface area contributed by atoms with Crippen LogP contribution in [-0.2, 0) is 11.3 Å². The number of ether oxygens (including phenoxy) is 1. The first-order valence-electron chi connectivity index (χ1n) is 4.86. The molecule has 1 rings (SSSR count). The molecule has 0 spiro atoms. The Morgan fingerprint density at radius 3 is 2.81 bits per heavy atom. The van der Waals surface area contributed by atoms with Gasteiger partial charge in [-0.05, 0) is 6.07 Å². The van der Waals surface area contributed by atoms with E-state index in [1.807, 2.05) is 31.3 Å². The molecular weight excluding hydrogens is 206 g/mol. The number of benzene rings is 1. The molecular formula is C12H15NO3. The minimum atomic E-state index is -0.952. The van der Waals surface area contributed by atoms with Crippen LogP contribution in [0.25, 0.3) is 0 Å². The third-order valence-corrected chi connectivity index (χ3v) is 2.08. The SMILES string of the molecule is COc1ccccc1CN(C)C=CC(=O)O. The van der Waals surface area contributed by atoms with Crippen LogP contribution in [0.3, 0.4) is 0 Å². The summed E-state index contributed by atoms with van der Waals surface area (Å²) < 4.78 is 5.20. The van der Waals surface area contributed by atoms with Gasteiger partial charge in [-0.15, -0.1) is 0 Å². The van der Waals surface area contributed by atoms with Gasteiger partial charge in [0.2, 0.25) is 0 Å². The highest BCUT2D eigenvalue weighted by Gasteiger charge is 2.02. The van der Waals surface area contributed by atoms with Gasteiger partial charge in [-0.25, -0.2) is 4.79 Å². The van der Waals surface area contributed by atoms with E-state index in [1.165, 1.54) is 6.20 Å². The second kappa shape index (κ2) is 5.80. The Balaban J connectivity index is 2.69. The van der Waals surface area contributed by atoms with Gasteiger partial charge in [-0.2, -0.15) is 0 Å². The van der Waals surface area contributed by atoms with Gasteiger partial charge < -0.3 is 14.7 Å². The number of hydrogen-bond acceptors (Lipinski definition) is 3. The van der Waals surface area contributed by atoms with Gasteiger partial charge in [0.05, 0.1) is 7.11 Å². The van der Waals surface area contributed by atoms with Gasteiger partial charge in [-0.1, -0.05) is 18.2 Å². The fourth-order valence-corrected chi connectivity index (χ4v) is 1.35. The van der Waals surface area contributed by atoms with Gasteiger partial charge in [-0.3, -0.25) is 0 Å². The van der Waals surface area contributed by atoms with Crippen LogP contribution in [0.15, 0.2) is 36.5 Å². The van der Waals surface area contributed by atoms with Gasteiger partial charge in [0.1, 0.15) is 5.75 Å². The van der Waals surface area contributed by atoms with Crippen LogP contribution in [0, 0.1) is 0 Å². The topological polar surface area (TPSA) is 49.8 Å². The zero-order valence-electron chi connectivity index (χ0n) is 9.38. The Hall–Kier alpha value is -1.97. The second-order valence-electron chi connectivity index (χ2n) is 3.38. The van der Waals surface area contributed by atoms with Crippen molar-refractivity contribution in [2.24, 2.45) is 0 Å². The number of aliphatic carboxylic acids is 1. The van der Waals surface area contributed by atoms with Crippen molar-refractivity contribution in [3.05, 3.63) is 42.1 Å². The first kappa shape index (κ1) is 12.1. The highest BCUT2D eigenvalue weighted by Crippen LogP contribution is 2.18. The second-order valence-corrected chi connectivity index (χ2v) is 3.38. The summed E-state index contributed by atoms with van der Waals surface area (Å²) in [7, 11) is 3.43. The van der Waals surface area contributed by atoms with Gasteiger partial charge >= 0.3 is 5.97 Å². The molecule has 0 heterocycles. The van der Waals surface area contributed by atoms with Crippen LogP contribution in [0.1, 0.15) is 5.56 Å². The van der Waals surface area contributed by atoms with Gasteiger partial charge in [0.15, 0.2) is 0 Å². The Kier molecular flexibility index (Phi) is 4.39. The summed E-state index contributed by atoms with van der Waals surface area (Å²) in [6, 6.07) is 7.65. The zero-order chi connectivity index (χ0) is 12.0. The molecule has 0 atom stereocenters. The number of hydrogen-bond donors (Lipinski definition) is 1. The van der Waals surface area contributed by atoms with Crippen molar-refractivity contribution in [3.63, 3.8) is 0 Å². The van der Waals surface area contributed by atoms with Crippen LogP contribution < -0.4 is 4.74 Å². The lowest BCUT2D eigenvalue weighted by molar-refractivity contribution is -0.131. The molecule has 4 heteroatoms. The summed E-state index contributed by atoms with van der Waals surface area (Å²) in [6.07, 6.45) is 2.63. The zero-order valence-corrected chi connectivity index (χ0v) is 9.38. The van der Waals surface area contributed by atoms with Crippen molar-refractivity contribution in [3.8, 4) is 5.75 Å². The predicted molar refractivity (Wildman–Crippen MR) is 61.2 cm³/mol. The van der Waals surface area contributed by atoms with Crippen LogP contribution in [-0.4, -0.2) is 30.1 Å². The summed E-state index contributed by atoms with van der Waals surface area (Å²) in [5.41, 5.74) is 1.02. The Bertz CT molecular complexity index is 388. The molecule has 0 aromatic heterocycles. The third kappa shape index (κ3) is 3.65. The molecule has 0 fully saturated rings. The minimum Gasteiger partial charge on any atom is -0.496 e. The Morgan fingerprint density at radius 2 is 2.19 bits per heavy atom. The smallest absolute Gasteiger partial charge is 0.329 e. The molecule has 86 valence electrons. The first-order chi connectivity index (χ1) is 7.63. The molecule has 0 aliphatic heterocycles. The molecule has 0 saturated carbocycles. The van der Waals surface area contributed by atoms with Crippen molar-refractivity contribution in [2.45, 2.75) is 6.54 Å². The molecule has 0 saturated heterocycles. The molecule has 0 bridgehead atoms. The maximum Gasteiger partial charge on any atom is 0.329 e. The molecule has 1 N–H and O–H groups in total. The summed E-state index contributed by atoms with van der Waals surface area (Å²) in [6.45, 7) is 0.605. The summed E-state index contributed by atoms with van der Waals surface area (Å²) in [4.78, 5) is 12.1. The van der Waals surface area contributed by atoms with E-state index < -0.39 is 5.97 Å². The monoisotopic (exact) mass is 221 g/mol. The molecule has 0 unspecified atom stereocenters. The average Bonchev–Trinajstić information content (AvgIpc) is 2.27. The standard InChI is InChI=1S/C12H15NO3/c1-13(8-7-12(14)15)9-10-5-3-4-6-11(10)16-2/h3-8H,9H2,1-2H3,(H,14,15). The maximum absolute atomic E-state index is 10.3. The molecule has 1 aromatic rings. The number of methoxy groups -OCH3 is 1. The van der Waals surface area contributed by atoms with Crippen molar-refractivity contribution in [1.82, 2.24) is 4.90 Å². The first-order valence-corrected chi connectivity index (χ1v) is 4.86. The summed E-state index contributed by atoms with van der Waals surface area (Å²) >= 11 is 0. The highest BCUT2D eigenvalue weighted by molar-refractivity contribution is 5.79. The summed E-state index contributed by atoms with van der Waals surface area (Å²) in [5.74, 6) is -0.148. The minimum absolute atomic E-state index is 0.605. The molecule has 0 radical (unpaired) electrons. The van der Waals surface area contributed by atoms with E-state index in [1.54, 1.807) is 12.0 Å². The quantitative estimate of drug-likeness (QED) is 0.769. The number of rotatable bonds is 5. The van der Waals surface area contributed by atoms with Crippen LogP contribution in [0.5, 0.6) is 5.75 Å². The molecule has 0 aliphatic carbocycles. The highest BCUT2D eigenvalue weighted by atomic mass is 16.5. The Morgan fingerprint density at radius 1 is 1.50 bits per heavy atom. The maximum atomic E-state index is 10.3. The van der Waals surface area contributed by atoms with E-state index >= 15 is 0 Å².